The summed E-state index contributed by atoms with van der Waals surface area (Å²) >= 11 is 0. The minimum absolute atomic E-state index is 0.171. The topological polar surface area (TPSA) is 55.8 Å². The second-order valence-corrected chi connectivity index (χ2v) is 13.0. The van der Waals surface area contributed by atoms with Crippen LogP contribution in [-0.4, -0.2) is 37.0 Å². The van der Waals surface area contributed by atoms with Gasteiger partial charge in [-0.2, -0.15) is 0 Å². The maximum atomic E-state index is 12.0. The number of aliphatic hydroxyl groups excluding tert-OH is 1. The van der Waals surface area contributed by atoms with Gasteiger partial charge >= 0.3 is 5.97 Å². The minimum atomic E-state index is -0.530. The van der Waals surface area contributed by atoms with Crippen LogP contribution in [0, 0.1) is 0 Å². The van der Waals surface area contributed by atoms with Crippen molar-refractivity contribution in [1.82, 2.24) is 0 Å². The number of carbonyl (C=O) groups excluding carboxylic acids is 1. The Kier molecular flexibility index (Phi) is 38.1. The molecule has 1 atom stereocenters. The number of rotatable bonds is 36. The van der Waals surface area contributed by atoms with Gasteiger partial charge in [-0.3, -0.25) is 4.79 Å². The molecular weight excluding hydrogens is 568 g/mol. The molecule has 0 bridgehead atoms. The second-order valence-electron chi connectivity index (χ2n) is 13.0. The molecule has 0 radical (unpaired) electrons. The van der Waals surface area contributed by atoms with Crippen molar-refractivity contribution in [2.45, 2.75) is 193 Å². The number of ether oxygens (including phenoxy) is 2. The van der Waals surface area contributed by atoms with Crippen molar-refractivity contribution in [2.24, 2.45) is 0 Å². The molecule has 0 saturated carbocycles. The molecule has 0 amide bonds. The Balaban J connectivity index is 3.38. The molecular formula is C42H76O4. The molecule has 0 aromatic carbocycles. The summed E-state index contributed by atoms with van der Waals surface area (Å²) in [5.41, 5.74) is 0. The van der Waals surface area contributed by atoms with E-state index in [1.54, 1.807) is 0 Å². The molecule has 1 N–H and O–H groups in total. The first-order valence-corrected chi connectivity index (χ1v) is 19.7. The quantitative estimate of drug-likeness (QED) is 0.0419. The maximum absolute atomic E-state index is 12.0. The molecule has 268 valence electrons. The molecule has 0 rings (SSSR count). The van der Waals surface area contributed by atoms with Crippen molar-refractivity contribution >= 4 is 5.97 Å². The van der Waals surface area contributed by atoms with Crippen molar-refractivity contribution in [3.05, 3.63) is 48.6 Å². The maximum Gasteiger partial charge on any atom is 0.306 e. The van der Waals surface area contributed by atoms with Gasteiger partial charge in [-0.1, -0.05) is 178 Å². The number of allylic oxidation sites excluding steroid dienone is 8. The van der Waals surface area contributed by atoms with Gasteiger partial charge in [-0.05, 0) is 51.4 Å². The van der Waals surface area contributed by atoms with E-state index in [0.29, 0.717) is 19.6 Å². The smallest absolute Gasteiger partial charge is 0.306 e. The Morgan fingerprint density at radius 1 is 0.543 bits per heavy atom. The number of carbonyl (C=O) groups is 1. The average Bonchev–Trinajstić information content (AvgIpc) is 3.06. The molecule has 0 aromatic rings. The van der Waals surface area contributed by atoms with Crippen LogP contribution in [0.15, 0.2) is 48.6 Å². The zero-order valence-corrected chi connectivity index (χ0v) is 30.6. The van der Waals surface area contributed by atoms with Crippen LogP contribution in [0.2, 0.25) is 0 Å². The Labute approximate surface area is 286 Å². The lowest BCUT2D eigenvalue weighted by Crippen LogP contribution is -2.27. The SMILES string of the molecule is CC/C=C\C/C=C\C/C=C\C/C=C\CCCCCCCCCCCCCCCOCC(CO)OC(=O)CCCCCCCCCC. The van der Waals surface area contributed by atoms with Gasteiger partial charge in [-0.15, -0.1) is 0 Å². The molecule has 0 heterocycles. The fourth-order valence-electron chi connectivity index (χ4n) is 5.50. The molecule has 4 nitrogen and oxygen atoms in total. The Morgan fingerprint density at radius 3 is 1.48 bits per heavy atom. The fourth-order valence-corrected chi connectivity index (χ4v) is 5.50. The highest BCUT2D eigenvalue weighted by Gasteiger charge is 2.13. The highest BCUT2D eigenvalue weighted by molar-refractivity contribution is 5.69. The molecule has 0 aliphatic heterocycles. The number of aliphatic hydroxyl groups is 1. The van der Waals surface area contributed by atoms with E-state index in [-0.39, 0.29) is 12.6 Å². The summed E-state index contributed by atoms with van der Waals surface area (Å²) < 4.78 is 11.1. The number of unbranched alkanes of at least 4 members (excludes halogenated alkanes) is 20. The molecule has 0 aliphatic carbocycles. The summed E-state index contributed by atoms with van der Waals surface area (Å²) in [6.07, 6.45) is 50.3. The lowest BCUT2D eigenvalue weighted by atomic mass is 10.0. The van der Waals surface area contributed by atoms with Crippen molar-refractivity contribution in [3.8, 4) is 0 Å². The Bertz CT molecular complexity index is 723. The Hall–Kier alpha value is -1.65. The van der Waals surface area contributed by atoms with E-state index in [9.17, 15) is 9.90 Å². The van der Waals surface area contributed by atoms with Crippen LogP contribution in [0.5, 0.6) is 0 Å². The van der Waals surface area contributed by atoms with Gasteiger partial charge in [0.05, 0.1) is 13.2 Å². The third-order valence-corrected chi connectivity index (χ3v) is 8.42. The van der Waals surface area contributed by atoms with Crippen LogP contribution in [0.1, 0.15) is 187 Å². The summed E-state index contributed by atoms with van der Waals surface area (Å²) in [7, 11) is 0. The lowest BCUT2D eigenvalue weighted by molar-refractivity contribution is -0.154. The van der Waals surface area contributed by atoms with Crippen LogP contribution in [0.3, 0.4) is 0 Å². The third-order valence-electron chi connectivity index (χ3n) is 8.42. The monoisotopic (exact) mass is 645 g/mol. The van der Waals surface area contributed by atoms with Gasteiger partial charge in [0, 0.05) is 13.0 Å². The summed E-state index contributed by atoms with van der Waals surface area (Å²) in [4.78, 5) is 12.0. The summed E-state index contributed by atoms with van der Waals surface area (Å²) in [6.45, 7) is 5.21. The zero-order valence-electron chi connectivity index (χ0n) is 30.6. The second kappa shape index (κ2) is 39.5. The average molecular weight is 645 g/mol. The van der Waals surface area contributed by atoms with E-state index in [4.69, 9.17) is 9.47 Å². The van der Waals surface area contributed by atoms with Crippen molar-refractivity contribution in [1.29, 1.82) is 0 Å². The number of esters is 1. The summed E-state index contributed by atoms with van der Waals surface area (Å²) in [5.74, 6) is -0.206. The van der Waals surface area contributed by atoms with Crippen LogP contribution in [0.4, 0.5) is 0 Å². The van der Waals surface area contributed by atoms with Gasteiger partial charge in [0.15, 0.2) is 0 Å². The van der Waals surface area contributed by atoms with Gasteiger partial charge in [0.2, 0.25) is 0 Å². The minimum Gasteiger partial charge on any atom is -0.457 e. The number of hydrogen-bond donors (Lipinski definition) is 1. The standard InChI is InChI=1S/C42H76O4/c1-3-5-7-9-11-13-14-15-16-17-18-19-20-21-22-23-24-25-26-27-28-29-30-32-34-36-38-45-40-41(39-43)46-42(44)37-35-33-31-12-10-8-6-4-2/h5,7,11,13,15-16,18-19,41,43H,3-4,6,8-10,12,14,17,20-40H2,1-2H3/b7-5-,13-11-,16-15-,19-18-. The molecule has 46 heavy (non-hydrogen) atoms. The first-order chi connectivity index (χ1) is 22.7. The van der Waals surface area contributed by atoms with Crippen LogP contribution in [-0.2, 0) is 14.3 Å². The summed E-state index contributed by atoms with van der Waals surface area (Å²) in [6, 6.07) is 0. The predicted octanol–water partition coefficient (Wildman–Crippen LogP) is 12.7. The zero-order chi connectivity index (χ0) is 33.4. The number of hydrogen-bond acceptors (Lipinski definition) is 4. The molecule has 1 unspecified atom stereocenters. The van der Waals surface area contributed by atoms with Gasteiger partial charge < -0.3 is 14.6 Å². The van der Waals surface area contributed by atoms with E-state index in [2.05, 4.69) is 62.5 Å². The summed E-state index contributed by atoms with van der Waals surface area (Å²) in [5, 5.41) is 9.53. The van der Waals surface area contributed by atoms with Gasteiger partial charge in [-0.25, -0.2) is 0 Å². The van der Waals surface area contributed by atoms with Crippen LogP contribution in [0.25, 0.3) is 0 Å². The van der Waals surface area contributed by atoms with Crippen molar-refractivity contribution in [3.63, 3.8) is 0 Å². The normalized spacial score (nSPS) is 12.8. The van der Waals surface area contributed by atoms with E-state index < -0.39 is 6.10 Å². The third kappa shape index (κ3) is 36.8. The van der Waals surface area contributed by atoms with Crippen LogP contribution < -0.4 is 0 Å². The van der Waals surface area contributed by atoms with Crippen LogP contribution >= 0.6 is 0 Å². The van der Waals surface area contributed by atoms with Crippen molar-refractivity contribution in [2.75, 3.05) is 19.8 Å². The first-order valence-electron chi connectivity index (χ1n) is 19.7. The van der Waals surface area contributed by atoms with Gasteiger partial charge in [0.1, 0.15) is 6.10 Å². The largest absolute Gasteiger partial charge is 0.457 e. The molecule has 4 heteroatoms. The van der Waals surface area contributed by atoms with E-state index in [1.807, 2.05) is 0 Å². The molecule has 0 aromatic heterocycles. The molecule has 0 spiro atoms. The predicted molar refractivity (Wildman–Crippen MR) is 200 cm³/mol. The molecule has 0 aliphatic rings. The fraction of sp³-hybridized carbons (Fsp3) is 0.786. The van der Waals surface area contributed by atoms with E-state index in [0.717, 1.165) is 44.9 Å². The molecule has 0 fully saturated rings. The van der Waals surface area contributed by atoms with E-state index in [1.165, 1.54) is 122 Å². The first kappa shape index (κ1) is 44.4. The van der Waals surface area contributed by atoms with Crippen molar-refractivity contribution < 1.29 is 19.4 Å². The highest BCUT2D eigenvalue weighted by Crippen LogP contribution is 2.14. The Morgan fingerprint density at radius 2 is 0.978 bits per heavy atom. The van der Waals surface area contributed by atoms with E-state index >= 15 is 0 Å². The van der Waals surface area contributed by atoms with Gasteiger partial charge in [0.25, 0.3) is 0 Å². The molecule has 0 saturated heterocycles. The highest BCUT2D eigenvalue weighted by atomic mass is 16.6. The lowest BCUT2D eigenvalue weighted by Gasteiger charge is -2.16.